The first-order valence-corrected chi connectivity index (χ1v) is 6.09. The molecule has 0 bridgehead atoms. The smallest absolute Gasteiger partial charge is 0.322 e. The Balaban J connectivity index is 2.28. The van der Waals surface area contributed by atoms with Gasteiger partial charge in [-0.2, -0.15) is 13.2 Å². The lowest BCUT2D eigenvalue weighted by Crippen LogP contribution is -2.18. The molecule has 0 radical (unpaired) electrons. The zero-order chi connectivity index (χ0) is 14.8. The molecule has 2 aromatic carbocycles. The van der Waals surface area contributed by atoms with E-state index in [2.05, 4.69) is 17.9 Å². The molecular formula is C14H10F3NOS. The van der Waals surface area contributed by atoms with Gasteiger partial charge in [0, 0.05) is 10.6 Å². The number of hydrogen-bond acceptors (Lipinski definition) is 2. The van der Waals surface area contributed by atoms with Gasteiger partial charge in [0.25, 0.3) is 5.91 Å². The molecule has 0 spiro atoms. The number of halogens is 3. The summed E-state index contributed by atoms with van der Waals surface area (Å²) in [6.45, 7) is 0. The number of rotatable bonds is 2. The van der Waals surface area contributed by atoms with Crippen molar-refractivity contribution in [2.24, 2.45) is 0 Å². The predicted molar refractivity (Wildman–Crippen MR) is 73.1 cm³/mol. The number of benzene rings is 2. The highest BCUT2D eigenvalue weighted by Crippen LogP contribution is 2.32. The monoisotopic (exact) mass is 297 g/mol. The van der Waals surface area contributed by atoms with Crippen LogP contribution in [0.25, 0.3) is 0 Å². The van der Waals surface area contributed by atoms with Crippen molar-refractivity contribution in [1.29, 1.82) is 0 Å². The molecule has 1 N–H and O–H groups in total. The zero-order valence-corrected chi connectivity index (χ0v) is 11.0. The van der Waals surface area contributed by atoms with Crippen molar-refractivity contribution in [2.45, 2.75) is 11.1 Å². The molecule has 2 nitrogen and oxygen atoms in total. The molecule has 0 aliphatic carbocycles. The molecule has 0 aliphatic rings. The van der Waals surface area contributed by atoms with Crippen LogP contribution < -0.4 is 5.32 Å². The van der Waals surface area contributed by atoms with Crippen molar-refractivity contribution in [2.75, 3.05) is 5.32 Å². The van der Waals surface area contributed by atoms with Crippen molar-refractivity contribution in [3.05, 3.63) is 59.7 Å². The minimum Gasteiger partial charge on any atom is -0.322 e. The van der Waals surface area contributed by atoms with Crippen molar-refractivity contribution in [1.82, 2.24) is 0 Å². The molecule has 1 amide bonds. The van der Waals surface area contributed by atoms with Gasteiger partial charge < -0.3 is 5.32 Å². The van der Waals surface area contributed by atoms with Crippen molar-refractivity contribution in [3.8, 4) is 0 Å². The number of carbonyl (C=O) groups excluding carboxylic acids is 1. The highest BCUT2D eigenvalue weighted by Gasteiger charge is 2.34. The predicted octanol–water partition coefficient (Wildman–Crippen LogP) is 4.25. The number of thiol groups is 1. The SMILES string of the molecule is O=C(Nc1ccc(S)cc1)c1ccccc1C(F)(F)F. The molecule has 0 aliphatic heterocycles. The molecule has 6 heteroatoms. The van der Waals surface area contributed by atoms with Gasteiger partial charge >= 0.3 is 6.18 Å². The molecule has 20 heavy (non-hydrogen) atoms. The van der Waals surface area contributed by atoms with Crippen LogP contribution in [0.15, 0.2) is 53.4 Å². The van der Waals surface area contributed by atoms with E-state index in [1.165, 1.54) is 12.1 Å². The quantitative estimate of drug-likeness (QED) is 0.797. The molecule has 2 aromatic rings. The van der Waals surface area contributed by atoms with Crippen LogP contribution in [0.5, 0.6) is 0 Å². The summed E-state index contributed by atoms with van der Waals surface area (Å²) in [6, 6.07) is 11.1. The summed E-state index contributed by atoms with van der Waals surface area (Å²) in [4.78, 5) is 12.6. The van der Waals surface area contributed by atoms with E-state index in [9.17, 15) is 18.0 Å². The number of alkyl halides is 3. The molecule has 0 saturated carbocycles. The lowest BCUT2D eigenvalue weighted by molar-refractivity contribution is -0.137. The van der Waals surface area contributed by atoms with Crippen LogP contribution >= 0.6 is 12.6 Å². The van der Waals surface area contributed by atoms with E-state index < -0.39 is 23.2 Å². The molecule has 104 valence electrons. The molecule has 0 saturated heterocycles. The number of hydrogen-bond donors (Lipinski definition) is 2. The lowest BCUT2D eigenvalue weighted by atomic mass is 10.1. The molecule has 0 heterocycles. The molecule has 0 atom stereocenters. The van der Waals surface area contributed by atoms with Gasteiger partial charge in [-0.05, 0) is 36.4 Å². The molecule has 0 aromatic heterocycles. The third kappa shape index (κ3) is 3.33. The van der Waals surface area contributed by atoms with Crippen molar-refractivity contribution < 1.29 is 18.0 Å². The fourth-order valence-corrected chi connectivity index (χ4v) is 1.82. The second-order valence-electron chi connectivity index (χ2n) is 4.04. The summed E-state index contributed by atoms with van der Waals surface area (Å²) < 4.78 is 38.4. The van der Waals surface area contributed by atoms with Gasteiger partial charge in [-0.3, -0.25) is 4.79 Å². The largest absolute Gasteiger partial charge is 0.417 e. The summed E-state index contributed by atoms with van der Waals surface area (Å²) >= 11 is 4.08. The van der Waals surface area contributed by atoms with E-state index in [1.54, 1.807) is 24.3 Å². The van der Waals surface area contributed by atoms with Gasteiger partial charge in [-0.1, -0.05) is 12.1 Å². The summed E-state index contributed by atoms with van der Waals surface area (Å²) in [5, 5.41) is 2.43. The minimum atomic E-state index is -4.57. The summed E-state index contributed by atoms with van der Waals surface area (Å²) in [6.07, 6.45) is -4.57. The first kappa shape index (κ1) is 14.5. The first-order valence-electron chi connectivity index (χ1n) is 5.64. The Bertz CT molecular complexity index is 623. The van der Waals surface area contributed by atoms with Gasteiger partial charge in [-0.15, -0.1) is 12.6 Å². The standard InChI is InChI=1S/C14H10F3NOS/c15-14(16,17)12-4-2-1-3-11(12)13(19)18-9-5-7-10(20)8-6-9/h1-8,20H,(H,18,19). The van der Waals surface area contributed by atoms with E-state index in [1.807, 2.05) is 0 Å². The van der Waals surface area contributed by atoms with Crippen LogP contribution in [0, 0.1) is 0 Å². The Morgan fingerprint density at radius 3 is 2.20 bits per heavy atom. The number of amides is 1. The summed E-state index contributed by atoms with van der Waals surface area (Å²) in [5.74, 6) is -0.801. The first-order chi connectivity index (χ1) is 9.38. The van der Waals surface area contributed by atoms with Gasteiger partial charge in [0.05, 0.1) is 11.1 Å². The zero-order valence-electron chi connectivity index (χ0n) is 10.1. The highest BCUT2D eigenvalue weighted by atomic mass is 32.1. The third-order valence-electron chi connectivity index (χ3n) is 2.60. The maximum absolute atomic E-state index is 12.8. The number of nitrogens with one attached hydrogen (secondary N) is 1. The summed E-state index contributed by atoms with van der Waals surface area (Å²) in [5.41, 5.74) is -0.956. The van der Waals surface area contributed by atoms with E-state index in [0.29, 0.717) is 10.6 Å². The fraction of sp³-hybridized carbons (Fsp3) is 0.0714. The topological polar surface area (TPSA) is 29.1 Å². The van der Waals surface area contributed by atoms with Crippen LogP contribution in [0.1, 0.15) is 15.9 Å². The van der Waals surface area contributed by atoms with Crippen molar-refractivity contribution >= 4 is 24.2 Å². The molecule has 2 rings (SSSR count). The maximum atomic E-state index is 12.8. The van der Waals surface area contributed by atoms with E-state index in [-0.39, 0.29) is 0 Å². The van der Waals surface area contributed by atoms with E-state index >= 15 is 0 Å². The van der Waals surface area contributed by atoms with Crippen LogP contribution in [-0.4, -0.2) is 5.91 Å². The Morgan fingerprint density at radius 2 is 1.60 bits per heavy atom. The molecule has 0 unspecified atom stereocenters. The normalized spacial score (nSPS) is 11.2. The molecule has 0 fully saturated rings. The van der Waals surface area contributed by atoms with Gasteiger partial charge in [0.15, 0.2) is 0 Å². The number of carbonyl (C=O) groups is 1. The Kier molecular flexibility index (Phi) is 4.04. The number of anilines is 1. The van der Waals surface area contributed by atoms with Crippen molar-refractivity contribution in [3.63, 3.8) is 0 Å². The third-order valence-corrected chi connectivity index (χ3v) is 2.90. The average molecular weight is 297 g/mol. The second-order valence-corrected chi connectivity index (χ2v) is 4.56. The highest BCUT2D eigenvalue weighted by molar-refractivity contribution is 7.80. The van der Waals surface area contributed by atoms with Gasteiger partial charge in [0.2, 0.25) is 0 Å². The van der Waals surface area contributed by atoms with Crippen LogP contribution in [0.2, 0.25) is 0 Å². The van der Waals surface area contributed by atoms with Crippen LogP contribution in [-0.2, 0) is 6.18 Å². The molecular weight excluding hydrogens is 287 g/mol. The van der Waals surface area contributed by atoms with E-state index in [0.717, 1.165) is 12.1 Å². The summed E-state index contributed by atoms with van der Waals surface area (Å²) in [7, 11) is 0. The minimum absolute atomic E-state index is 0.407. The maximum Gasteiger partial charge on any atom is 0.417 e. The lowest BCUT2D eigenvalue weighted by Gasteiger charge is -2.12. The Labute approximate surface area is 119 Å². The van der Waals surface area contributed by atoms with Crippen LogP contribution in [0.3, 0.4) is 0 Å². The Hall–Kier alpha value is -1.95. The second kappa shape index (κ2) is 5.58. The fourth-order valence-electron chi connectivity index (χ4n) is 1.67. The average Bonchev–Trinajstić information content (AvgIpc) is 2.40. The van der Waals surface area contributed by atoms with Crippen LogP contribution in [0.4, 0.5) is 18.9 Å². The Morgan fingerprint density at radius 1 is 1.00 bits per heavy atom. The van der Waals surface area contributed by atoms with Gasteiger partial charge in [-0.25, -0.2) is 0 Å². The van der Waals surface area contributed by atoms with Gasteiger partial charge in [0.1, 0.15) is 0 Å². The van der Waals surface area contributed by atoms with E-state index in [4.69, 9.17) is 0 Å².